The third kappa shape index (κ3) is 3.37. The molecule has 2 unspecified atom stereocenters. The van der Waals surface area contributed by atoms with Crippen LogP contribution in [-0.4, -0.2) is 23.0 Å². The number of fused-ring (bicyclic) bond motifs is 1. The minimum absolute atomic E-state index is 0.0800. The molecule has 0 radical (unpaired) electrons. The Morgan fingerprint density at radius 2 is 2.08 bits per heavy atom. The molecule has 6 heteroatoms. The molecule has 1 aliphatic heterocycles. The number of carbonyl (C=O) groups is 1. The topological polar surface area (TPSA) is 92.1 Å². The van der Waals surface area contributed by atoms with Crippen molar-refractivity contribution in [3.05, 3.63) is 47.0 Å². The van der Waals surface area contributed by atoms with Crippen LogP contribution in [0.1, 0.15) is 47.2 Å². The number of rotatable bonds is 4. The van der Waals surface area contributed by atoms with Gasteiger partial charge in [0.1, 0.15) is 11.6 Å². The number of nitrogens with one attached hydrogen (secondary N) is 3. The molecule has 2 aliphatic rings. The lowest BCUT2D eigenvalue weighted by molar-refractivity contribution is 0.0966. The molecule has 0 saturated heterocycles. The van der Waals surface area contributed by atoms with E-state index < -0.39 is 0 Å². The predicted octanol–water partition coefficient (Wildman–Crippen LogP) is 3.06. The summed E-state index contributed by atoms with van der Waals surface area (Å²) in [4.78, 5) is 17.0. The van der Waals surface area contributed by atoms with Crippen molar-refractivity contribution in [3.63, 3.8) is 0 Å². The zero-order chi connectivity index (χ0) is 18.1. The van der Waals surface area contributed by atoms with Crippen LogP contribution in [0.3, 0.4) is 0 Å². The molecule has 6 nitrogen and oxygen atoms in total. The van der Waals surface area contributed by atoms with Gasteiger partial charge in [0.25, 0.3) is 5.91 Å². The van der Waals surface area contributed by atoms with E-state index in [-0.39, 0.29) is 18.0 Å². The van der Waals surface area contributed by atoms with Crippen molar-refractivity contribution in [1.82, 2.24) is 10.3 Å². The van der Waals surface area contributed by atoms with Crippen LogP contribution < -0.4 is 21.7 Å². The summed E-state index contributed by atoms with van der Waals surface area (Å²) in [5, 5.41) is 9.71. The fraction of sp³-hybridized carbons (Fsp3) is 0.400. The molecule has 0 spiro atoms. The highest BCUT2D eigenvalue weighted by Gasteiger charge is 2.27. The fourth-order valence-corrected chi connectivity index (χ4v) is 3.81. The highest BCUT2D eigenvalue weighted by molar-refractivity contribution is 6.03. The van der Waals surface area contributed by atoms with Gasteiger partial charge in [0.05, 0.1) is 5.56 Å². The molecule has 1 aromatic heterocycles. The van der Waals surface area contributed by atoms with Crippen molar-refractivity contribution in [2.24, 2.45) is 5.73 Å². The van der Waals surface area contributed by atoms with Crippen molar-refractivity contribution >= 4 is 23.2 Å². The van der Waals surface area contributed by atoms with Crippen molar-refractivity contribution in [2.75, 3.05) is 10.6 Å². The van der Waals surface area contributed by atoms with E-state index in [4.69, 9.17) is 10.7 Å². The number of pyridine rings is 1. The second kappa shape index (κ2) is 6.96. The molecule has 136 valence electrons. The predicted molar refractivity (Wildman–Crippen MR) is 104 cm³/mol. The first-order valence-corrected chi connectivity index (χ1v) is 9.28. The van der Waals surface area contributed by atoms with E-state index in [1.54, 1.807) is 0 Å². The Hall–Kier alpha value is -2.60. The number of nitrogens with two attached hydrogens (primary N) is 1. The molecule has 2 heterocycles. The monoisotopic (exact) mass is 351 g/mol. The van der Waals surface area contributed by atoms with Gasteiger partial charge in [0.15, 0.2) is 0 Å². The second-order valence-corrected chi connectivity index (χ2v) is 7.27. The summed E-state index contributed by atoms with van der Waals surface area (Å²) in [6.45, 7) is 2.57. The quantitative estimate of drug-likeness (QED) is 0.679. The zero-order valence-corrected chi connectivity index (χ0v) is 15.0. The summed E-state index contributed by atoms with van der Waals surface area (Å²) in [6, 6.07) is 10.4. The SMILES string of the molecule is Cc1cccc(Nc2nc(NC3CCCCC3N)cc3c2C(=O)NC3)c1. The first-order valence-electron chi connectivity index (χ1n) is 9.28. The third-order valence-electron chi connectivity index (χ3n) is 5.20. The lowest BCUT2D eigenvalue weighted by atomic mass is 9.91. The molecule has 4 rings (SSSR count). The molecule has 1 aromatic carbocycles. The summed E-state index contributed by atoms with van der Waals surface area (Å²) in [7, 11) is 0. The van der Waals surface area contributed by atoms with E-state index in [9.17, 15) is 4.79 Å². The molecule has 0 bridgehead atoms. The van der Waals surface area contributed by atoms with Gasteiger partial charge in [-0.3, -0.25) is 4.79 Å². The Morgan fingerprint density at radius 3 is 2.88 bits per heavy atom. The summed E-state index contributed by atoms with van der Waals surface area (Å²) < 4.78 is 0. The summed E-state index contributed by atoms with van der Waals surface area (Å²) in [5.74, 6) is 1.29. The van der Waals surface area contributed by atoms with Gasteiger partial charge in [-0.25, -0.2) is 4.98 Å². The summed E-state index contributed by atoms with van der Waals surface area (Å²) in [6.07, 6.45) is 4.47. The molecule has 1 fully saturated rings. The van der Waals surface area contributed by atoms with Crippen LogP contribution >= 0.6 is 0 Å². The van der Waals surface area contributed by atoms with Crippen molar-refractivity contribution in [2.45, 2.75) is 51.2 Å². The minimum Gasteiger partial charge on any atom is -0.366 e. The van der Waals surface area contributed by atoms with E-state index in [0.717, 1.165) is 35.5 Å². The van der Waals surface area contributed by atoms with Crippen LogP contribution in [0.4, 0.5) is 17.3 Å². The Bertz CT molecular complexity index is 835. The van der Waals surface area contributed by atoms with E-state index in [1.165, 1.54) is 12.8 Å². The molecule has 2 aromatic rings. The number of aryl methyl sites for hydroxylation is 1. The second-order valence-electron chi connectivity index (χ2n) is 7.27. The van der Waals surface area contributed by atoms with E-state index in [1.807, 2.05) is 37.3 Å². The average molecular weight is 351 g/mol. The van der Waals surface area contributed by atoms with Crippen molar-refractivity contribution in [3.8, 4) is 0 Å². The average Bonchev–Trinajstić information content (AvgIpc) is 2.98. The maximum absolute atomic E-state index is 12.3. The molecule has 1 aliphatic carbocycles. The Morgan fingerprint density at radius 1 is 1.23 bits per heavy atom. The zero-order valence-electron chi connectivity index (χ0n) is 15.0. The standard InChI is InChI=1S/C20H25N5O/c1-12-5-4-6-14(9-12)23-19-18-13(11-22-20(18)26)10-17(25-19)24-16-8-3-2-7-15(16)21/h4-6,9-10,15-16H,2-3,7-8,11,21H2,1H3,(H,22,26)(H2,23,24,25). The van der Waals surface area contributed by atoms with Crippen molar-refractivity contribution < 1.29 is 4.79 Å². The van der Waals surface area contributed by atoms with Crippen molar-refractivity contribution in [1.29, 1.82) is 0 Å². The third-order valence-corrected chi connectivity index (χ3v) is 5.20. The van der Waals surface area contributed by atoms with Gasteiger partial charge in [-0.05, 0) is 49.1 Å². The number of amides is 1. The molecular formula is C20H25N5O. The first-order chi connectivity index (χ1) is 12.6. The van der Waals surface area contributed by atoms with Gasteiger partial charge >= 0.3 is 0 Å². The molecule has 1 amide bonds. The fourth-order valence-electron chi connectivity index (χ4n) is 3.81. The van der Waals surface area contributed by atoms with Crippen LogP contribution in [0.2, 0.25) is 0 Å². The number of benzene rings is 1. The Balaban J connectivity index is 1.65. The van der Waals surface area contributed by atoms with E-state index in [0.29, 0.717) is 17.9 Å². The van der Waals surface area contributed by atoms with Crippen LogP contribution in [0.5, 0.6) is 0 Å². The Kier molecular flexibility index (Phi) is 4.51. The van der Waals surface area contributed by atoms with Gasteiger partial charge in [-0.2, -0.15) is 0 Å². The smallest absolute Gasteiger partial charge is 0.255 e. The Labute approximate surface area is 153 Å². The lowest BCUT2D eigenvalue weighted by Crippen LogP contribution is -2.42. The minimum atomic E-state index is -0.0800. The van der Waals surface area contributed by atoms with Gasteiger partial charge in [0.2, 0.25) is 0 Å². The molecule has 1 saturated carbocycles. The maximum atomic E-state index is 12.3. The summed E-state index contributed by atoms with van der Waals surface area (Å²) in [5.41, 5.74) is 9.94. The maximum Gasteiger partial charge on any atom is 0.255 e. The number of nitrogens with zero attached hydrogens (tertiary/aromatic N) is 1. The first kappa shape index (κ1) is 16.8. The van der Waals surface area contributed by atoms with E-state index >= 15 is 0 Å². The molecule has 2 atom stereocenters. The van der Waals surface area contributed by atoms with Gasteiger partial charge < -0.3 is 21.7 Å². The number of aromatic nitrogens is 1. The van der Waals surface area contributed by atoms with Gasteiger partial charge in [-0.15, -0.1) is 0 Å². The van der Waals surface area contributed by atoms with E-state index in [2.05, 4.69) is 16.0 Å². The molecular weight excluding hydrogens is 326 g/mol. The molecule has 26 heavy (non-hydrogen) atoms. The number of anilines is 3. The number of hydrogen-bond donors (Lipinski definition) is 4. The largest absolute Gasteiger partial charge is 0.366 e. The van der Waals surface area contributed by atoms with Crippen LogP contribution in [0.15, 0.2) is 30.3 Å². The van der Waals surface area contributed by atoms with Crippen LogP contribution in [0.25, 0.3) is 0 Å². The number of hydrogen-bond acceptors (Lipinski definition) is 5. The number of carbonyl (C=O) groups excluding carboxylic acids is 1. The van der Waals surface area contributed by atoms with Gasteiger partial charge in [0, 0.05) is 24.3 Å². The van der Waals surface area contributed by atoms with Crippen LogP contribution in [-0.2, 0) is 6.54 Å². The highest BCUT2D eigenvalue weighted by atomic mass is 16.1. The van der Waals surface area contributed by atoms with Gasteiger partial charge in [-0.1, -0.05) is 25.0 Å². The van der Waals surface area contributed by atoms with Crippen LogP contribution in [0, 0.1) is 6.92 Å². The lowest BCUT2D eigenvalue weighted by Gasteiger charge is -2.30. The molecule has 5 N–H and O–H groups in total. The highest BCUT2D eigenvalue weighted by Crippen LogP contribution is 2.30. The summed E-state index contributed by atoms with van der Waals surface area (Å²) >= 11 is 0. The normalized spacial score (nSPS) is 21.8.